The Labute approximate surface area is 157 Å². The number of carbonyl (C=O) groups is 2. The molecule has 1 aromatic heterocycles. The first-order chi connectivity index (χ1) is 13.1. The molecule has 0 unspecified atom stereocenters. The number of anilines is 2. The average Bonchev–Trinajstić information content (AvgIpc) is 3.13. The highest BCUT2D eigenvalue weighted by Gasteiger charge is 2.26. The smallest absolute Gasteiger partial charge is 0.276 e. The van der Waals surface area contributed by atoms with E-state index < -0.39 is 0 Å². The first-order valence-corrected chi connectivity index (χ1v) is 8.86. The summed E-state index contributed by atoms with van der Waals surface area (Å²) in [5, 5.41) is 2.85. The molecule has 2 amide bonds. The molecule has 1 N–H and O–H groups in total. The molecule has 4 rings (SSSR count). The van der Waals surface area contributed by atoms with Gasteiger partial charge in [0.1, 0.15) is 5.69 Å². The van der Waals surface area contributed by atoms with E-state index in [4.69, 9.17) is 0 Å². The van der Waals surface area contributed by atoms with Gasteiger partial charge < -0.3 is 10.2 Å². The fourth-order valence-corrected chi connectivity index (χ4v) is 3.22. The van der Waals surface area contributed by atoms with Crippen molar-refractivity contribution in [3.8, 4) is 0 Å². The Bertz CT molecular complexity index is 1010. The molecule has 134 valence electrons. The lowest BCUT2D eigenvalue weighted by Gasteiger charge is -2.17. The number of hydrogen-bond acceptors (Lipinski definition) is 3. The van der Waals surface area contributed by atoms with Crippen molar-refractivity contribution in [2.24, 2.45) is 0 Å². The van der Waals surface area contributed by atoms with Crippen LogP contribution >= 0.6 is 0 Å². The quantitative estimate of drug-likeness (QED) is 0.774. The van der Waals surface area contributed by atoms with Gasteiger partial charge in [-0.3, -0.25) is 14.6 Å². The van der Waals surface area contributed by atoms with Crippen LogP contribution in [0.15, 0.2) is 66.9 Å². The minimum absolute atomic E-state index is 0.190. The molecule has 0 saturated carbocycles. The van der Waals surface area contributed by atoms with Crippen LogP contribution in [0, 0.1) is 6.92 Å². The van der Waals surface area contributed by atoms with Gasteiger partial charge in [0.05, 0.1) is 0 Å². The number of amides is 2. The fourth-order valence-electron chi connectivity index (χ4n) is 3.22. The molecule has 5 heteroatoms. The van der Waals surface area contributed by atoms with Crippen molar-refractivity contribution >= 4 is 23.2 Å². The van der Waals surface area contributed by atoms with Crippen LogP contribution in [-0.2, 0) is 6.42 Å². The maximum Gasteiger partial charge on any atom is 0.276 e. The third-order valence-corrected chi connectivity index (χ3v) is 4.68. The van der Waals surface area contributed by atoms with Crippen molar-refractivity contribution in [3.05, 3.63) is 89.2 Å². The van der Waals surface area contributed by atoms with Gasteiger partial charge in [-0.15, -0.1) is 0 Å². The van der Waals surface area contributed by atoms with Gasteiger partial charge in [0.25, 0.3) is 11.8 Å². The van der Waals surface area contributed by atoms with Gasteiger partial charge in [0.2, 0.25) is 0 Å². The maximum absolute atomic E-state index is 12.9. The van der Waals surface area contributed by atoms with Gasteiger partial charge in [-0.1, -0.05) is 35.9 Å². The molecule has 0 radical (unpaired) electrons. The van der Waals surface area contributed by atoms with Crippen molar-refractivity contribution in [1.29, 1.82) is 0 Å². The molecule has 0 saturated heterocycles. The van der Waals surface area contributed by atoms with Crippen LogP contribution in [0.25, 0.3) is 0 Å². The highest BCUT2D eigenvalue weighted by molar-refractivity contribution is 6.09. The van der Waals surface area contributed by atoms with Gasteiger partial charge in [-0.25, -0.2) is 0 Å². The summed E-state index contributed by atoms with van der Waals surface area (Å²) in [6.07, 6.45) is 2.33. The second-order valence-corrected chi connectivity index (χ2v) is 6.59. The number of aryl methyl sites for hydroxylation is 1. The standard InChI is InChI=1S/C22H19N3O2/c1-15-6-8-18(9-7-15)24-21(26)17-10-12-23-19(14-17)22(27)25-13-11-16-4-2-3-5-20(16)25/h2-10,12,14H,11,13H2,1H3,(H,24,26). The second kappa shape index (κ2) is 7.03. The number of hydrogen-bond donors (Lipinski definition) is 1. The van der Waals surface area contributed by atoms with Gasteiger partial charge in [0, 0.05) is 29.7 Å². The van der Waals surface area contributed by atoms with Crippen LogP contribution < -0.4 is 10.2 Å². The summed E-state index contributed by atoms with van der Waals surface area (Å²) in [5.74, 6) is -0.456. The lowest BCUT2D eigenvalue weighted by atomic mass is 10.1. The summed E-state index contributed by atoms with van der Waals surface area (Å²) < 4.78 is 0. The maximum atomic E-state index is 12.9. The molecular weight excluding hydrogens is 338 g/mol. The second-order valence-electron chi connectivity index (χ2n) is 6.59. The predicted octanol–water partition coefficient (Wildman–Crippen LogP) is 3.85. The summed E-state index contributed by atoms with van der Waals surface area (Å²) in [6, 6.07) is 18.6. The number of fused-ring (bicyclic) bond motifs is 1. The van der Waals surface area contributed by atoms with Crippen LogP contribution in [-0.4, -0.2) is 23.3 Å². The zero-order chi connectivity index (χ0) is 18.8. The van der Waals surface area contributed by atoms with Crippen LogP contribution in [0.3, 0.4) is 0 Å². The Hall–Kier alpha value is -3.47. The molecule has 27 heavy (non-hydrogen) atoms. The number of carbonyl (C=O) groups excluding carboxylic acids is 2. The Morgan fingerprint density at radius 2 is 1.81 bits per heavy atom. The van der Waals surface area contributed by atoms with Crippen LogP contribution in [0.1, 0.15) is 32.0 Å². The number of nitrogens with zero attached hydrogens (tertiary/aromatic N) is 2. The Balaban J connectivity index is 1.55. The molecule has 0 aliphatic carbocycles. The summed E-state index contributed by atoms with van der Waals surface area (Å²) in [7, 11) is 0. The van der Waals surface area contributed by atoms with E-state index in [1.54, 1.807) is 17.0 Å². The molecule has 0 spiro atoms. The van der Waals surface area contributed by atoms with E-state index >= 15 is 0 Å². The van der Waals surface area contributed by atoms with E-state index in [1.807, 2.05) is 55.5 Å². The topological polar surface area (TPSA) is 62.3 Å². The number of pyridine rings is 1. The SMILES string of the molecule is Cc1ccc(NC(=O)c2ccnc(C(=O)N3CCc4ccccc43)c2)cc1. The van der Waals surface area contributed by atoms with Crippen molar-refractivity contribution < 1.29 is 9.59 Å². The predicted molar refractivity (Wildman–Crippen MR) is 105 cm³/mol. The normalized spacial score (nSPS) is 12.6. The third-order valence-electron chi connectivity index (χ3n) is 4.68. The van der Waals surface area contributed by atoms with Crippen LogP contribution in [0.5, 0.6) is 0 Å². The summed E-state index contributed by atoms with van der Waals surface area (Å²) in [5.41, 5.74) is 4.57. The monoisotopic (exact) mass is 357 g/mol. The van der Waals surface area contributed by atoms with Crippen molar-refractivity contribution in [2.45, 2.75) is 13.3 Å². The molecule has 5 nitrogen and oxygen atoms in total. The Morgan fingerprint density at radius 1 is 1.04 bits per heavy atom. The van der Waals surface area contributed by atoms with E-state index in [0.29, 0.717) is 17.8 Å². The van der Waals surface area contributed by atoms with Crippen molar-refractivity contribution in [1.82, 2.24) is 4.98 Å². The Kier molecular flexibility index (Phi) is 4.42. The summed E-state index contributed by atoms with van der Waals surface area (Å²) in [6.45, 7) is 2.61. The van der Waals surface area contributed by atoms with Crippen molar-refractivity contribution in [3.63, 3.8) is 0 Å². The van der Waals surface area contributed by atoms with Gasteiger partial charge in [0.15, 0.2) is 0 Å². The lowest BCUT2D eigenvalue weighted by Crippen LogP contribution is -2.30. The zero-order valence-electron chi connectivity index (χ0n) is 15.0. The lowest BCUT2D eigenvalue weighted by molar-refractivity contribution is 0.0984. The Morgan fingerprint density at radius 3 is 2.63 bits per heavy atom. The van der Waals surface area contributed by atoms with E-state index in [9.17, 15) is 9.59 Å². The number of benzene rings is 2. The molecule has 1 aliphatic heterocycles. The summed E-state index contributed by atoms with van der Waals surface area (Å²) in [4.78, 5) is 31.3. The number of aromatic nitrogens is 1. The molecule has 2 heterocycles. The highest BCUT2D eigenvalue weighted by Crippen LogP contribution is 2.28. The van der Waals surface area contributed by atoms with E-state index in [-0.39, 0.29) is 17.5 Å². The van der Waals surface area contributed by atoms with Gasteiger partial charge in [-0.2, -0.15) is 0 Å². The molecule has 0 atom stereocenters. The van der Waals surface area contributed by atoms with Crippen molar-refractivity contribution in [2.75, 3.05) is 16.8 Å². The largest absolute Gasteiger partial charge is 0.322 e. The summed E-state index contributed by atoms with van der Waals surface area (Å²) >= 11 is 0. The molecule has 1 aliphatic rings. The molecule has 0 fully saturated rings. The molecule has 2 aromatic carbocycles. The molecular formula is C22H19N3O2. The zero-order valence-corrected chi connectivity index (χ0v) is 15.0. The number of para-hydroxylation sites is 1. The molecule has 3 aromatic rings. The van der Waals surface area contributed by atoms with Crippen LogP contribution in [0.4, 0.5) is 11.4 Å². The van der Waals surface area contributed by atoms with E-state index in [0.717, 1.165) is 23.2 Å². The van der Waals surface area contributed by atoms with E-state index in [2.05, 4.69) is 10.3 Å². The van der Waals surface area contributed by atoms with Crippen LogP contribution in [0.2, 0.25) is 0 Å². The molecule has 0 bridgehead atoms. The minimum atomic E-state index is -0.267. The minimum Gasteiger partial charge on any atom is -0.322 e. The first-order valence-electron chi connectivity index (χ1n) is 8.86. The number of nitrogens with one attached hydrogen (secondary N) is 1. The number of rotatable bonds is 3. The fraction of sp³-hybridized carbons (Fsp3) is 0.136. The highest BCUT2D eigenvalue weighted by atomic mass is 16.2. The average molecular weight is 357 g/mol. The van der Waals surface area contributed by atoms with Gasteiger partial charge >= 0.3 is 0 Å². The third kappa shape index (κ3) is 3.44. The van der Waals surface area contributed by atoms with Gasteiger partial charge in [-0.05, 0) is 49.2 Å². The van der Waals surface area contributed by atoms with E-state index in [1.165, 1.54) is 6.20 Å². The first kappa shape index (κ1) is 17.0.